The molecule has 3 N–H and O–H groups in total. The summed E-state index contributed by atoms with van der Waals surface area (Å²) in [4.78, 5) is 24.4. The molecule has 5 heteroatoms. The zero-order valence-electron chi connectivity index (χ0n) is 13.4. The molecule has 5 nitrogen and oxygen atoms in total. The number of ether oxygens (including phenoxy) is 1. The van der Waals surface area contributed by atoms with Crippen molar-refractivity contribution in [1.82, 2.24) is 0 Å². The maximum atomic E-state index is 13.1. The van der Waals surface area contributed by atoms with Gasteiger partial charge in [-0.25, -0.2) is 0 Å². The van der Waals surface area contributed by atoms with Crippen molar-refractivity contribution in [3.8, 4) is 11.5 Å². The lowest BCUT2D eigenvalue weighted by molar-refractivity contribution is -0.118. The average molecular weight is 325 g/mol. The van der Waals surface area contributed by atoms with Crippen LogP contribution in [0.4, 0.5) is 0 Å². The van der Waals surface area contributed by atoms with E-state index in [-0.39, 0.29) is 24.4 Å². The first kappa shape index (κ1) is 16.1. The Morgan fingerprint density at radius 3 is 2.58 bits per heavy atom. The molecule has 0 saturated heterocycles. The first-order valence-electron chi connectivity index (χ1n) is 7.80. The van der Waals surface area contributed by atoms with Gasteiger partial charge in [0.2, 0.25) is 11.7 Å². The van der Waals surface area contributed by atoms with Gasteiger partial charge in [-0.3, -0.25) is 9.59 Å². The highest BCUT2D eigenvalue weighted by molar-refractivity contribution is 6.03. The quantitative estimate of drug-likeness (QED) is 0.827. The number of aromatic hydroxyl groups is 1. The number of aryl methyl sites for hydroxylation is 1. The molecule has 0 aliphatic carbocycles. The summed E-state index contributed by atoms with van der Waals surface area (Å²) < 4.78 is 5.95. The molecule has 1 aliphatic heterocycles. The van der Waals surface area contributed by atoms with Crippen LogP contribution in [0.2, 0.25) is 0 Å². The van der Waals surface area contributed by atoms with Crippen LogP contribution in [0.5, 0.6) is 11.5 Å². The molecule has 1 unspecified atom stereocenters. The van der Waals surface area contributed by atoms with Gasteiger partial charge < -0.3 is 15.6 Å². The Balaban J connectivity index is 1.96. The summed E-state index contributed by atoms with van der Waals surface area (Å²) in [5.74, 6) is -0.116. The van der Waals surface area contributed by atoms with Crippen molar-refractivity contribution < 1.29 is 19.4 Å². The molecule has 0 fully saturated rings. The van der Waals surface area contributed by atoms with Crippen LogP contribution in [0.15, 0.2) is 42.5 Å². The van der Waals surface area contributed by atoms with E-state index in [1.54, 1.807) is 24.3 Å². The Morgan fingerprint density at radius 2 is 1.92 bits per heavy atom. The van der Waals surface area contributed by atoms with Crippen LogP contribution >= 0.6 is 0 Å². The van der Waals surface area contributed by atoms with Gasteiger partial charge in [-0.2, -0.15) is 0 Å². The van der Waals surface area contributed by atoms with Crippen LogP contribution in [0.25, 0.3) is 0 Å². The number of hydrogen-bond donors (Lipinski definition) is 2. The van der Waals surface area contributed by atoms with E-state index < -0.39 is 11.5 Å². The number of carbonyl (C=O) groups is 2. The third-order valence-electron chi connectivity index (χ3n) is 4.33. The molecular weight excluding hydrogens is 306 g/mol. The van der Waals surface area contributed by atoms with Crippen molar-refractivity contribution >= 4 is 11.7 Å². The molecule has 2 aromatic carbocycles. The van der Waals surface area contributed by atoms with E-state index in [1.807, 2.05) is 19.1 Å². The Kier molecular flexibility index (Phi) is 4.01. The predicted octanol–water partition coefficient (Wildman–Crippen LogP) is 2.52. The molecule has 0 bridgehead atoms. The van der Waals surface area contributed by atoms with Crippen molar-refractivity contribution in [1.29, 1.82) is 0 Å². The first-order chi connectivity index (χ1) is 11.4. The standard InChI is InChI=1S/C19H19NO4/c1-12-2-4-13(5-3-12)18(23)19(9-8-17(20)22)11-14-6-7-15(21)10-16(14)24-19/h2-7,10,21H,8-9,11H2,1H3,(H2,20,22). The number of primary amides is 1. The smallest absolute Gasteiger partial charge is 0.217 e. The Hall–Kier alpha value is -2.82. The van der Waals surface area contributed by atoms with E-state index in [2.05, 4.69) is 0 Å². The zero-order valence-corrected chi connectivity index (χ0v) is 13.4. The third kappa shape index (κ3) is 2.97. The lowest BCUT2D eigenvalue weighted by Crippen LogP contribution is -2.44. The fraction of sp³-hybridized carbons (Fsp3) is 0.263. The molecule has 3 rings (SSSR count). The molecular formula is C19H19NO4. The fourth-order valence-electron chi connectivity index (χ4n) is 3.01. The van der Waals surface area contributed by atoms with E-state index in [0.717, 1.165) is 11.1 Å². The lowest BCUT2D eigenvalue weighted by atomic mass is 9.84. The number of fused-ring (bicyclic) bond motifs is 1. The second-order valence-electron chi connectivity index (χ2n) is 6.23. The molecule has 124 valence electrons. The normalized spacial score (nSPS) is 18.7. The summed E-state index contributed by atoms with van der Waals surface area (Å²) >= 11 is 0. The number of phenolic OH excluding ortho intramolecular Hbond substituents is 1. The van der Waals surface area contributed by atoms with Crippen molar-refractivity contribution in [2.45, 2.75) is 31.8 Å². The lowest BCUT2D eigenvalue weighted by Gasteiger charge is -2.27. The summed E-state index contributed by atoms with van der Waals surface area (Å²) in [5.41, 5.74) is 6.52. The van der Waals surface area contributed by atoms with Gasteiger partial charge in [0.15, 0.2) is 5.60 Å². The maximum absolute atomic E-state index is 13.1. The van der Waals surface area contributed by atoms with Gasteiger partial charge in [0.1, 0.15) is 11.5 Å². The minimum absolute atomic E-state index is 0.0531. The van der Waals surface area contributed by atoms with E-state index >= 15 is 0 Å². The fourth-order valence-corrected chi connectivity index (χ4v) is 3.01. The SMILES string of the molecule is Cc1ccc(C(=O)C2(CCC(N)=O)Cc3ccc(O)cc3O2)cc1. The van der Waals surface area contributed by atoms with Crippen LogP contribution in [0.1, 0.15) is 34.3 Å². The summed E-state index contributed by atoms with van der Waals surface area (Å²) in [6, 6.07) is 12.0. The van der Waals surface area contributed by atoms with E-state index in [4.69, 9.17) is 10.5 Å². The first-order valence-corrected chi connectivity index (χ1v) is 7.80. The zero-order chi connectivity index (χ0) is 17.3. The Labute approximate surface area is 140 Å². The molecule has 0 aromatic heterocycles. The van der Waals surface area contributed by atoms with Crippen LogP contribution < -0.4 is 10.5 Å². The molecule has 1 atom stereocenters. The summed E-state index contributed by atoms with van der Waals surface area (Å²) in [5, 5.41) is 9.63. The second-order valence-corrected chi connectivity index (χ2v) is 6.23. The van der Waals surface area contributed by atoms with Gasteiger partial charge in [-0.05, 0) is 18.6 Å². The molecule has 2 aromatic rings. The van der Waals surface area contributed by atoms with E-state index in [1.165, 1.54) is 6.07 Å². The minimum Gasteiger partial charge on any atom is -0.508 e. The van der Waals surface area contributed by atoms with Gasteiger partial charge in [0, 0.05) is 30.9 Å². The minimum atomic E-state index is -1.17. The van der Waals surface area contributed by atoms with Crippen molar-refractivity contribution in [2.24, 2.45) is 5.73 Å². The second kappa shape index (κ2) is 6.00. The molecule has 24 heavy (non-hydrogen) atoms. The van der Waals surface area contributed by atoms with Crippen LogP contribution in [0, 0.1) is 6.92 Å². The average Bonchev–Trinajstić information content (AvgIpc) is 2.92. The number of hydrogen-bond acceptors (Lipinski definition) is 4. The number of carbonyl (C=O) groups excluding carboxylic acids is 2. The van der Waals surface area contributed by atoms with Gasteiger partial charge in [0.05, 0.1) is 0 Å². The van der Waals surface area contributed by atoms with Crippen LogP contribution in [-0.2, 0) is 11.2 Å². The van der Waals surface area contributed by atoms with Crippen LogP contribution in [-0.4, -0.2) is 22.4 Å². The van der Waals surface area contributed by atoms with E-state index in [9.17, 15) is 14.7 Å². The summed E-state index contributed by atoms with van der Waals surface area (Å²) in [6.45, 7) is 1.95. The maximum Gasteiger partial charge on any atom is 0.217 e. The topological polar surface area (TPSA) is 89.6 Å². The van der Waals surface area contributed by atoms with Crippen LogP contribution in [0.3, 0.4) is 0 Å². The monoisotopic (exact) mass is 325 g/mol. The highest BCUT2D eigenvalue weighted by atomic mass is 16.5. The predicted molar refractivity (Wildman–Crippen MR) is 89.1 cm³/mol. The van der Waals surface area contributed by atoms with Crippen molar-refractivity contribution in [3.63, 3.8) is 0 Å². The number of amides is 1. The van der Waals surface area contributed by atoms with E-state index in [0.29, 0.717) is 17.7 Å². The van der Waals surface area contributed by atoms with Gasteiger partial charge in [-0.1, -0.05) is 35.9 Å². The largest absolute Gasteiger partial charge is 0.508 e. The number of benzene rings is 2. The van der Waals surface area contributed by atoms with Gasteiger partial charge in [-0.15, -0.1) is 0 Å². The number of ketones is 1. The highest BCUT2D eigenvalue weighted by Crippen LogP contribution is 2.41. The number of rotatable bonds is 5. The molecule has 1 amide bonds. The molecule has 0 saturated carbocycles. The number of Topliss-reactive ketones (excluding diaryl/α,β-unsaturated/α-hetero) is 1. The van der Waals surface area contributed by atoms with Gasteiger partial charge >= 0.3 is 0 Å². The van der Waals surface area contributed by atoms with Gasteiger partial charge in [0.25, 0.3) is 0 Å². The highest BCUT2D eigenvalue weighted by Gasteiger charge is 2.46. The summed E-state index contributed by atoms with van der Waals surface area (Å²) in [6.07, 6.45) is 0.602. The molecule has 1 aliphatic rings. The summed E-state index contributed by atoms with van der Waals surface area (Å²) in [7, 11) is 0. The molecule has 0 spiro atoms. The molecule has 0 radical (unpaired) electrons. The van der Waals surface area contributed by atoms with Crippen molar-refractivity contribution in [3.05, 3.63) is 59.2 Å². The van der Waals surface area contributed by atoms with Crippen molar-refractivity contribution in [2.75, 3.05) is 0 Å². The Morgan fingerprint density at radius 1 is 1.21 bits per heavy atom. The number of phenols is 1. The molecule has 1 heterocycles. The Bertz CT molecular complexity index is 798. The third-order valence-corrected chi connectivity index (χ3v) is 4.33. The number of nitrogens with two attached hydrogens (primary N) is 1.